The molecule has 0 aromatic heterocycles. The molecule has 1 heterocycles. The third-order valence-corrected chi connectivity index (χ3v) is 4.20. The van der Waals surface area contributed by atoms with Crippen molar-refractivity contribution in [1.29, 1.82) is 0 Å². The van der Waals surface area contributed by atoms with Gasteiger partial charge in [-0.25, -0.2) is 0 Å². The van der Waals surface area contributed by atoms with Crippen molar-refractivity contribution in [1.82, 2.24) is 15.1 Å². The maximum atomic E-state index is 3.50. The number of rotatable bonds is 7. The van der Waals surface area contributed by atoms with E-state index in [0.29, 0.717) is 6.04 Å². The Kier molecular flexibility index (Phi) is 7.20. The minimum atomic E-state index is 0.621. The summed E-state index contributed by atoms with van der Waals surface area (Å²) in [5.74, 6) is 0. The lowest BCUT2D eigenvalue weighted by Gasteiger charge is -2.38. The van der Waals surface area contributed by atoms with Crippen LogP contribution >= 0.6 is 0 Å². The van der Waals surface area contributed by atoms with Gasteiger partial charge >= 0.3 is 0 Å². The van der Waals surface area contributed by atoms with E-state index in [1.807, 2.05) is 0 Å². The van der Waals surface area contributed by atoms with E-state index in [9.17, 15) is 0 Å². The Bertz CT molecular complexity index is 208. The van der Waals surface area contributed by atoms with E-state index >= 15 is 0 Å². The first-order valence-electron chi connectivity index (χ1n) is 7.64. The molecule has 0 aliphatic carbocycles. The summed E-state index contributed by atoms with van der Waals surface area (Å²) in [5, 5.41) is 3.50. The highest BCUT2D eigenvalue weighted by Gasteiger charge is 2.23. The first kappa shape index (κ1) is 15.9. The fourth-order valence-electron chi connectivity index (χ4n) is 2.81. The summed E-state index contributed by atoms with van der Waals surface area (Å²) in [6.45, 7) is 10.6. The van der Waals surface area contributed by atoms with Crippen molar-refractivity contribution in [3.05, 3.63) is 0 Å². The third-order valence-electron chi connectivity index (χ3n) is 4.20. The van der Waals surface area contributed by atoms with Crippen LogP contribution in [0.3, 0.4) is 0 Å². The highest BCUT2D eigenvalue weighted by molar-refractivity contribution is 4.79. The zero-order valence-corrected chi connectivity index (χ0v) is 13.1. The van der Waals surface area contributed by atoms with Crippen molar-refractivity contribution in [3.63, 3.8) is 0 Å². The predicted octanol–water partition coefficient (Wildman–Crippen LogP) is 2.18. The highest BCUT2D eigenvalue weighted by Crippen LogP contribution is 2.18. The fourth-order valence-corrected chi connectivity index (χ4v) is 2.81. The zero-order chi connectivity index (χ0) is 13.5. The van der Waals surface area contributed by atoms with Crippen LogP contribution in [0.5, 0.6) is 0 Å². The van der Waals surface area contributed by atoms with Gasteiger partial charge in [0.05, 0.1) is 0 Å². The number of hydrogen-bond donors (Lipinski definition) is 1. The standard InChI is InChI=1S/C15H33N3/c1-13(2)16-10-6-7-14(3)18-11-8-15(9-12-18)17(4)5/h13-16H,6-12H2,1-5H3. The average molecular weight is 255 g/mol. The fraction of sp³-hybridized carbons (Fsp3) is 1.00. The number of nitrogens with zero attached hydrogens (tertiary/aromatic N) is 2. The molecule has 3 heteroatoms. The summed E-state index contributed by atoms with van der Waals surface area (Å²) in [6, 6.07) is 2.18. The SMILES string of the molecule is CC(C)NCCCC(C)N1CCC(N(C)C)CC1. The van der Waals surface area contributed by atoms with Crippen molar-refractivity contribution in [2.75, 3.05) is 33.7 Å². The lowest BCUT2D eigenvalue weighted by molar-refractivity contribution is 0.110. The van der Waals surface area contributed by atoms with Gasteiger partial charge in [0.15, 0.2) is 0 Å². The Morgan fingerprint density at radius 1 is 1.17 bits per heavy atom. The van der Waals surface area contributed by atoms with Gasteiger partial charge in [0.2, 0.25) is 0 Å². The second-order valence-corrected chi connectivity index (χ2v) is 6.33. The molecule has 0 amide bonds. The first-order valence-corrected chi connectivity index (χ1v) is 7.64. The Balaban J connectivity index is 2.14. The van der Waals surface area contributed by atoms with Crippen molar-refractivity contribution >= 4 is 0 Å². The Hall–Kier alpha value is -0.120. The summed E-state index contributed by atoms with van der Waals surface area (Å²) < 4.78 is 0. The van der Waals surface area contributed by atoms with Gasteiger partial charge in [-0.3, -0.25) is 0 Å². The summed E-state index contributed by atoms with van der Waals surface area (Å²) >= 11 is 0. The summed E-state index contributed by atoms with van der Waals surface area (Å²) in [7, 11) is 4.42. The van der Waals surface area contributed by atoms with Crippen LogP contribution in [0.2, 0.25) is 0 Å². The largest absolute Gasteiger partial charge is 0.315 e. The minimum absolute atomic E-state index is 0.621. The van der Waals surface area contributed by atoms with Crippen molar-refractivity contribution in [2.45, 2.75) is 64.6 Å². The molecular formula is C15H33N3. The van der Waals surface area contributed by atoms with Crippen LogP contribution in [-0.2, 0) is 0 Å². The molecule has 1 unspecified atom stereocenters. The molecule has 18 heavy (non-hydrogen) atoms. The van der Waals surface area contributed by atoms with E-state index in [0.717, 1.165) is 18.6 Å². The van der Waals surface area contributed by atoms with Crippen LogP contribution in [0.25, 0.3) is 0 Å². The molecule has 0 aromatic rings. The lowest BCUT2D eigenvalue weighted by Crippen LogP contribution is -2.45. The Morgan fingerprint density at radius 2 is 1.78 bits per heavy atom. The molecule has 1 aliphatic rings. The topological polar surface area (TPSA) is 18.5 Å². The van der Waals surface area contributed by atoms with Gasteiger partial charge in [-0.2, -0.15) is 0 Å². The van der Waals surface area contributed by atoms with Gasteiger partial charge in [-0.05, 0) is 66.3 Å². The molecule has 1 fully saturated rings. The maximum absolute atomic E-state index is 3.50. The van der Waals surface area contributed by atoms with E-state index in [1.165, 1.54) is 38.8 Å². The molecule has 0 saturated carbocycles. The van der Waals surface area contributed by atoms with Crippen LogP contribution in [0, 0.1) is 0 Å². The Morgan fingerprint density at radius 3 is 2.28 bits per heavy atom. The number of nitrogens with one attached hydrogen (secondary N) is 1. The molecule has 1 rings (SSSR count). The zero-order valence-electron chi connectivity index (χ0n) is 13.1. The van der Waals surface area contributed by atoms with Crippen LogP contribution < -0.4 is 5.32 Å². The molecule has 0 bridgehead atoms. The monoisotopic (exact) mass is 255 g/mol. The van der Waals surface area contributed by atoms with Gasteiger partial charge < -0.3 is 15.1 Å². The Labute approximate surface area is 114 Å². The number of piperidine rings is 1. The van der Waals surface area contributed by atoms with Crippen LogP contribution in [0.1, 0.15) is 46.5 Å². The van der Waals surface area contributed by atoms with E-state index < -0.39 is 0 Å². The van der Waals surface area contributed by atoms with Gasteiger partial charge in [-0.15, -0.1) is 0 Å². The molecule has 0 spiro atoms. The second-order valence-electron chi connectivity index (χ2n) is 6.33. The summed E-state index contributed by atoms with van der Waals surface area (Å²) in [5.41, 5.74) is 0. The predicted molar refractivity (Wildman–Crippen MR) is 80.1 cm³/mol. The van der Waals surface area contributed by atoms with Gasteiger partial charge in [0.1, 0.15) is 0 Å². The van der Waals surface area contributed by atoms with E-state index in [4.69, 9.17) is 0 Å². The molecule has 1 aliphatic heterocycles. The van der Waals surface area contributed by atoms with Crippen molar-refractivity contribution in [3.8, 4) is 0 Å². The van der Waals surface area contributed by atoms with Crippen LogP contribution in [-0.4, -0.2) is 61.7 Å². The first-order chi connectivity index (χ1) is 8.50. The highest BCUT2D eigenvalue weighted by atomic mass is 15.2. The third kappa shape index (κ3) is 5.68. The van der Waals surface area contributed by atoms with Gasteiger partial charge in [0, 0.05) is 18.1 Å². The molecule has 1 N–H and O–H groups in total. The van der Waals surface area contributed by atoms with E-state index in [2.05, 4.69) is 50.0 Å². The number of hydrogen-bond acceptors (Lipinski definition) is 3. The molecule has 3 nitrogen and oxygen atoms in total. The normalized spacial score (nSPS) is 20.8. The van der Waals surface area contributed by atoms with Crippen LogP contribution in [0.15, 0.2) is 0 Å². The number of likely N-dealkylation sites (tertiary alicyclic amines) is 1. The minimum Gasteiger partial charge on any atom is -0.315 e. The smallest absolute Gasteiger partial charge is 0.0113 e. The summed E-state index contributed by atoms with van der Waals surface area (Å²) in [4.78, 5) is 5.06. The van der Waals surface area contributed by atoms with Crippen LogP contribution in [0.4, 0.5) is 0 Å². The van der Waals surface area contributed by atoms with Gasteiger partial charge in [0.25, 0.3) is 0 Å². The van der Waals surface area contributed by atoms with E-state index in [1.54, 1.807) is 0 Å². The molecule has 0 aromatic carbocycles. The van der Waals surface area contributed by atoms with E-state index in [-0.39, 0.29) is 0 Å². The molecule has 108 valence electrons. The molecule has 0 radical (unpaired) electrons. The molecule has 1 atom stereocenters. The maximum Gasteiger partial charge on any atom is 0.0113 e. The quantitative estimate of drug-likeness (QED) is 0.704. The van der Waals surface area contributed by atoms with Crippen molar-refractivity contribution < 1.29 is 0 Å². The molecule has 1 saturated heterocycles. The second kappa shape index (κ2) is 8.13. The van der Waals surface area contributed by atoms with Gasteiger partial charge in [-0.1, -0.05) is 13.8 Å². The summed E-state index contributed by atoms with van der Waals surface area (Å²) in [6.07, 6.45) is 5.29. The average Bonchev–Trinajstić information content (AvgIpc) is 2.34. The van der Waals surface area contributed by atoms with Crippen molar-refractivity contribution in [2.24, 2.45) is 0 Å². The molecular weight excluding hydrogens is 222 g/mol. The lowest BCUT2D eigenvalue weighted by atomic mass is 10.0.